The highest BCUT2D eigenvalue weighted by atomic mass is 16.5. The smallest absolute Gasteiger partial charge is 0.334 e. The van der Waals surface area contributed by atoms with Gasteiger partial charge < -0.3 is 4.74 Å². The van der Waals surface area contributed by atoms with Crippen LogP contribution in [0.2, 0.25) is 0 Å². The van der Waals surface area contributed by atoms with Crippen molar-refractivity contribution in [1.82, 2.24) is 4.90 Å². The molecule has 1 aliphatic carbocycles. The highest BCUT2D eigenvalue weighted by Crippen LogP contribution is 2.36. The summed E-state index contributed by atoms with van der Waals surface area (Å²) in [6, 6.07) is 0.573. The summed E-state index contributed by atoms with van der Waals surface area (Å²) in [5, 5.41) is 0. The van der Waals surface area contributed by atoms with Gasteiger partial charge in [-0.3, -0.25) is 4.90 Å². The Kier molecular flexibility index (Phi) is 5.39. The maximum absolute atomic E-state index is 11.5. The van der Waals surface area contributed by atoms with E-state index in [9.17, 15) is 4.79 Å². The van der Waals surface area contributed by atoms with E-state index in [1.54, 1.807) is 0 Å². The number of carbonyl (C=O) groups excluding carboxylic acids is 1. The molecule has 0 aromatic rings. The Morgan fingerprint density at radius 2 is 1.94 bits per heavy atom. The van der Waals surface area contributed by atoms with Gasteiger partial charge in [0.15, 0.2) is 0 Å². The third-order valence-corrected chi connectivity index (χ3v) is 3.94. The van der Waals surface area contributed by atoms with Gasteiger partial charge in [0.2, 0.25) is 0 Å². The molecule has 1 aliphatic rings. The first kappa shape index (κ1) is 15.2. The van der Waals surface area contributed by atoms with Gasteiger partial charge in [0.05, 0.1) is 6.61 Å². The first-order chi connectivity index (χ1) is 8.35. The minimum Gasteiger partial charge on any atom is -0.463 e. The van der Waals surface area contributed by atoms with Crippen molar-refractivity contribution in [2.24, 2.45) is 5.41 Å². The van der Waals surface area contributed by atoms with E-state index in [2.05, 4.69) is 32.4 Å². The summed E-state index contributed by atoms with van der Waals surface area (Å²) in [4.78, 5) is 13.8. The molecule has 0 atom stereocenters. The zero-order chi connectivity index (χ0) is 13.8. The standard InChI is InChI=1S/C15H27NO2/c1-6-18-14(17)12(2)11-16(5)13-7-9-15(3,4)10-8-13/h13H,2,6-11H2,1,3-5H3. The van der Waals surface area contributed by atoms with Crippen LogP contribution in [0.4, 0.5) is 0 Å². The maximum Gasteiger partial charge on any atom is 0.334 e. The lowest BCUT2D eigenvalue weighted by Gasteiger charge is -2.38. The molecule has 18 heavy (non-hydrogen) atoms. The van der Waals surface area contributed by atoms with Crippen LogP contribution in [-0.2, 0) is 9.53 Å². The average molecular weight is 253 g/mol. The molecule has 0 N–H and O–H groups in total. The lowest BCUT2D eigenvalue weighted by Crippen LogP contribution is -2.38. The molecule has 0 heterocycles. The van der Waals surface area contributed by atoms with Gasteiger partial charge in [-0.05, 0) is 45.1 Å². The summed E-state index contributed by atoms with van der Waals surface area (Å²) in [6.07, 6.45) is 4.93. The molecule has 3 heteroatoms. The Hall–Kier alpha value is -0.830. The van der Waals surface area contributed by atoms with Crippen LogP contribution in [0.1, 0.15) is 46.5 Å². The molecule has 0 aromatic heterocycles. The quantitative estimate of drug-likeness (QED) is 0.557. The molecule has 0 spiro atoms. The molecule has 0 aliphatic heterocycles. The third kappa shape index (κ3) is 4.45. The topological polar surface area (TPSA) is 29.5 Å². The summed E-state index contributed by atoms with van der Waals surface area (Å²) >= 11 is 0. The minimum atomic E-state index is -0.263. The molecular weight excluding hydrogens is 226 g/mol. The zero-order valence-corrected chi connectivity index (χ0v) is 12.3. The fourth-order valence-corrected chi connectivity index (χ4v) is 2.55. The maximum atomic E-state index is 11.5. The van der Waals surface area contributed by atoms with Crippen LogP contribution in [0.15, 0.2) is 12.2 Å². The van der Waals surface area contributed by atoms with Crippen molar-refractivity contribution < 1.29 is 9.53 Å². The third-order valence-electron chi connectivity index (χ3n) is 3.94. The van der Waals surface area contributed by atoms with Crippen LogP contribution in [0.25, 0.3) is 0 Å². The monoisotopic (exact) mass is 253 g/mol. The van der Waals surface area contributed by atoms with Crippen LogP contribution in [-0.4, -0.2) is 37.1 Å². The van der Waals surface area contributed by atoms with Gasteiger partial charge in [-0.2, -0.15) is 0 Å². The van der Waals surface area contributed by atoms with E-state index in [0.29, 0.717) is 30.2 Å². The molecule has 0 unspecified atom stereocenters. The molecule has 0 bridgehead atoms. The number of hydrogen-bond donors (Lipinski definition) is 0. The van der Waals surface area contributed by atoms with Gasteiger partial charge in [-0.15, -0.1) is 0 Å². The highest BCUT2D eigenvalue weighted by molar-refractivity contribution is 5.88. The SMILES string of the molecule is C=C(CN(C)C1CCC(C)(C)CC1)C(=O)OCC. The number of nitrogens with zero attached hydrogens (tertiary/aromatic N) is 1. The molecule has 3 nitrogen and oxygen atoms in total. The largest absolute Gasteiger partial charge is 0.463 e. The Morgan fingerprint density at radius 1 is 1.39 bits per heavy atom. The molecule has 0 radical (unpaired) electrons. The Balaban J connectivity index is 2.39. The van der Waals surface area contributed by atoms with Gasteiger partial charge >= 0.3 is 5.97 Å². The number of rotatable bonds is 5. The number of carbonyl (C=O) groups is 1. The van der Waals surface area contributed by atoms with E-state index in [1.165, 1.54) is 25.7 Å². The van der Waals surface area contributed by atoms with E-state index in [-0.39, 0.29) is 5.97 Å². The van der Waals surface area contributed by atoms with E-state index in [4.69, 9.17) is 4.74 Å². The van der Waals surface area contributed by atoms with Gasteiger partial charge in [0.1, 0.15) is 0 Å². The second-order valence-corrected chi connectivity index (χ2v) is 6.13. The van der Waals surface area contributed by atoms with Crippen molar-refractivity contribution in [2.75, 3.05) is 20.2 Å². The first-order valence-corrected chi connectivity index (χ1v) is 6.91. The summed E-state index contributed by atoms with van der Waals surface area (Å²) in [5.41, 5.74) is 1.04. The second kappa shape index (κ2) is 6.37. The summed E-state index contributed by atoms with van der Waals surface area (Å²) < 4.78 is 4.96. The molecule has 1 saturated carbocycles. The van der Waals surface area contributed by atoms with Gasteiger partial charge in [0, 0.05) is 18.2 Å². The number of esters is 1. The second-order valence-electron chi connectivity index (χ2n) is 6.13. The van der Waals surface area contributed by atoms with Crippen LogP contribution in [0.5, 0.6) is 0 Å². The lowest BCUT2D eigenvalue weighted by molar-refractivity contribution is -0.138. The van der Waals surface area contributed by atoms with E-state index < -0.39 is 0 Å². The average Bonchev–Trinajstić information content (AvgIpc) is 2.28. The number of hydrogen-bond acceptors (Lipinski definition) is 3. The van der Waals surface area contributed by atoms with Gasteiger partial charge in [0.25, 0.3) is 0 Å². The Morgan fingerprint density at radius 3 is 2.44 bits per heavy atom. The molecule has 1 fully saturated rings. The van der Waals surface area contributed by atoms with Gasteiger partial charge in [-0.1, -0.05) is 20.4 Å². The molecule has 1 rings (SSSR count). The van der Waals surface area contributed by atoms with Crippen molar-refractivity contribution in [2.45, 2.75) is 52.5 Å². The van der Waals surface area contributed by atoms with Crippen molar-refractivity contribution in [1.29, 1.82) is 0 Å². The normalized spacial score (nSPS) is 19.8. The van der Waals surface area contributed by atoms with Crippen molar-refractivity contribution in [3.63, 3.8) is 0 Å². The van der Waals surface area contributed by atoms with Gasteiger partial charge in [-0.25, -0.2) is 4.79 Å². The Labute approximate surface area is 111 Å². The van der Waals surface area contributed by atoms with E-state index in [1.807, 2.05) is 6.92 Å². The van der Waals surface area contributed by atoms with Crippen LogP contribution in [0, 0.1) is 5.41 Å². The van der Waals surface area contributed by atoms with Crippen LogP contribution < -0.4 is 0 Å². The molecule has 104 valence electrons. The molecule has 0 saturated heterocycles. The van der Waals surface area contributed by atoms with Crippen molar-refractivity contribution in [3.8, 4) is 0 Å². The predicted octanol–water partition coefficient (Wildman–Crippen LogP) is 3.01. The van der Waals surface area contributed by atoms with Crippen molar-refractivity contribution >= 4 is 5.97 Å². The summed E-state index contributed by atoms with van der Waals surface area (Å²) in [6.45, 7) is 11.3. The highest BCUT2D eigenvalue weighted by Gasteiger charge is 2.29. The number of ether oxygens (including phenoxy) is 1. The molecule has 0 aromatic carbocycles. The van der Waals surface area contributed by atoms with E-state index >= 15 is 0 Å². The minimum absolute atomic E-state index is 0.263. The zero-order valence-electron chi connectivity index (χ0n) is 12.3. The Bertz CT molecular complexity index is 300. The summed E-state index contributed by atoms with van der Waals surface area (Å²) in [7, 11) is 2.08. The predicted molar refractivity (Wildman–Crippen MR) is 74.4 cm³/mol. The number of likely N-dealkylation sites (N-methyl/N-ethyl adjacent to an activating group) is 1. The fourth-order valence-electron chi connectivity index (χ4n) is 2.55. The van der Waals surface area contributed by atoms with E-state index in [0.717, 1.165) is 0 Å². The first-order valence-electron chi connectivity index (χ1n) is 6.91. The lowest BCUT2D eigenvalue weighted by atomic mass is 9.75. The van der Waals surface area contributed by atoms with Crippen LogP contribution in [0.3, 0.4) is 0 Å². The van der Waals surface area contributed by atoms with Crippen molar-refractivity contribution in [3.05, 3.63) is 12.2 Å². The molecular formula is C15H27NO2. The summed E-state index contributed by atoms with van der Waals surface area (Å²) in [5.74, 6) is -0.263. The fraction of sp³-hybridized carbons (Fsp3) is 0.800. The van der Waals surface area contributed by atoms with Crippen LogP contribution >= 0.6 is 0 Å². The molecule has 0 amide bonds.